The molecule has 1 aliphatic heterocycles. The number of rotatable bonds is 4. The first-order chi connectivity index (χ1) is 10.2. The van der Waals surface area contributed by atoms with Gasteiger partial charge in [-0.3, -0.25) is 0 Å². The maximum absolute atomic E-state index is 2.33. The molecule has 2 aromatic rings. The maximum Gasteiger partial charge on any atom is 0.0157 e. The molecule has 2 aromatic carbocycles. The van der Waals surface area contributed by atoms with Gasteiger partial charge in [0.1, 0.15) is 0 Å². The van der Waals surface area contributed by atoms with Crippen molar-refractivity contribution < 1.29 is 0 Å². The van der Waals surface area contributed by atoms with Gasteiger partial charge in [-0.25, -0.2) is 0 Å². The molecular formula is C19H23NS. The van der Waals surface area contributed by atoms with Crippen LogP contribution in [-0.2, 0) is 6.42 Å². The lowest BCUT2D eigenvalue weighted by Crippen LogP contribution is -2.14. The van der Waals surface area contributed by atoms with Gasteiger partial charge in [0.05, 0.1) is 0 Å². The Bertz CT molecular complexity index is 606. The minimum atomic E-state index is 0.650. The van der Waals surface area contributed by atoms with Crippen LogP contribution in [0.25, 0.3) is 0 Å². The lowest BCUT2D eigenvalue weighted by atomic mass is 9.88. The van der Waals surface area contributed by atoms with Crippen LogP contribution in [0.5, 0.6) is 0 Å². The number of benzene rings is 2. The van der Waals surface area contributed by atoms with Crippen LogP contribution in [0.1, 0.15) is 29.9 Å². The molecule has 3 rings (SSSR count). The summed E-state index contributed by atoms with van der Waals surface area (Å²) in [5.41, 5.74) is 3.05. The van der Waals surface area contributed by atoms with Crippen LogP contribution in [0.15, 0.2) is 58.3 Å². The summed E-state index contributed by atoms with van der Waals surface area (Å²) in [4.78, 5) is 5.16. The zero-order valence-electron chi connectivity index (χ0n) is 12.9. The highest BCUT2D eigenvalue weighted by molar-refractivity contribution is 7.99. The summed E-state index contributed by atoms with van der Waals surface area (Å²) < 4.78 is 0. The summed E-state index contributed by atoms with van der Waals surface area (Å²) in [5, 5.41) is 0. The highest BCUT2D eigenvalue weighted by atomic mass is 32.2. The fourth-order valence-electron chi connectivity index (χ4n) is 3.09. The molecule has 0 N–H and O–H groups in total. The second kappa shape index (κ2) is 6.67. The van der Waals surface area contributed by atoms with Crippen molar-refractivity contribution >= 4 is 11.8 Å². The first kappa shape index (κ1) is 14.7. The summed E-state index contributed by atoms with van der Waals surface area (Å²) in [5.74, 6) is 0.650. The lowest BCUT2D eigenvalue weighted by molar-refractivity contribution is 0.383. The van der Waals surface area contributed by atoms with E-state index in [0.717, 1.165) is 0 Å². The largest absolute Gasteiger partial charge is 0.309 e. The SMILES string of the molecule is CN(C)CCCC1Cc2ccccc2Sc2ccccc21. The monoisotopic (exact) mass is 297 g/mol. The molecule has 1 unspecified atom stereocenters. The Morgan fingerprint density at radius 3 is 2.52 bits per heavy atom. The minimum absolute atomic E-state index is 0.650. The van der Waals surface area contributed by atoms with Crippen molar-refractivity contribution in [3.05, 3.63) is 59.7 Å². The second-order valence-corrected chi connectivity index (χ2v) is 7.18. The zero-order valence-corrected chi connectivity index (χ0v) is 13.7. The first-order valence-corrected chi connectivity index (χ1v) is 8.55. The summed E-state index contributed by atoms with van der Waals surface area (Å²) in [6, 6.07) is 17.8. The molecular weight excluding hydrogens is 274 g/mol. The summed E-state index contributed by atoms with van der Waals surface area (Å²) >= 11 is 1.94. The van der Waals surface area contributed by atoms with Gasteiger partial charge in [-0.1, -0.05) is 48.2 Å². The van der Waals surface area contributed by atoms with Gasteiger partial charge in [-0.15, -0.1) is 0 Å². The van der Waals surface area contributed by atoms with E-state index in [1.165, 1.54) is 46.7 Å². The lowest BCUT2D eigenvalue weighted by Gasteiger charge is -2.18. The molecule has 0 amide bonds. The Morgan fingerprint density at radius 2 is 1.71 bits per heavy atom. The van der Waals surface area contributed by atoms with Gasteiger partial charge in [-0.2, -0.15) is 0 Å². The van der Waals surface area contributed by atoms with Crippen molar-refractivity contribution in [2.45, 2.75) is 35.0 Å². The van der Waals surface area contributed by atoms with Gasteiger partial charge in [0.2, 0.25) is 0 Å². The third kappa shape index (κ3) is 3.50. The van der Waals surface area contributed by atoms with Crippen molar-refractivity contribution in [3.63, 3.8) is 0 Å². The third-order valence-corrected chi connectivity index (χ3v) is 5.39. The van der Waals surface area contributed by atoms with Gasteiger partial charge in [0.25, 0.3) is 0 Å². The van der Waals surface area contributed by atoms with E-state index in [4.69, 9.17) is 0 Å². The van der Waals surface area contributed by atoms with E-state index in [9.17, 15) is 0 Å². The average molecular weight is 297 g/mol. The molecule has 0 aromatic heterocycles. The maximum atomic E-state index is 2.33. The molecule has 0 aliphatic carbocycles. The molecule has 0 spiro atoms. The standard InChI is InChI=1S/C19H23NS/c1-20(2)13-7-9-15-14-16-8-3-5-11-18(16)21-19-12-6-4-10-17(15)19/h3-6,8,10-12,15H,7,9,13-14H2,1-2H3. The van der Waals surface area contributed by atoms with Gasteiger partial charge in [0, 0.05) is 9.79 Å². The normalized spacial score (nSPS) is 17.2. The van der Waals surface area contributed by atoms with E-state index in [2.05, 4.69) is 67.5 Å². The van der Waals surface area contributed by atoms with Crippen LogP contribution in [-0.4, -0.2) is 25.5 Å². The van der Waals surface area contributed by atoms with Crippen molar-refractivity contribution in [1.29, 1.82) is 0 Å². The van der Waals surface area contributed by atoms with Crippen LogP contribution in [0.2, 0.25) is 0 Å². The van der Waals surface area contributed by atoms with E-state index < -0.39 is 0 Å². The van der Waals surface area contributed by atoms with Crippen molar-refractivity contribution in [2.75, 3.05) is 20.6 Å². The number of hydrogen-bond acceptors (Lipinski definition) is 2. The Balaban J connectivity index is 1.88. The summed E-state index contributed by atoms with van der Waals surface area (Å²) in [6.45, 7) is 1.17. The highest BCUT2D eigenvalue weighted by Gasteiger charge is 2.21. The molecule has 0 radical (unpaired) electrons. The van der Waals surface area contributed by atoms with E-state index in [0.29, 0.717) is 5.92 Å². The fourth-order valence-corrected chi connectivity index (χ4v) is 4.25. The molecule has 2 heteroatoms. The molecule has 0 fully saturated rings. The molecule has 0 bridgehead atoms. The fraction of sp³-hybridized carbons (Fsp3) is 0.368. The third-order valence-electron chi connectivity index (χ3n) is 4.18. The van der Waals surface area contributed by atoms with Crippen LogP contribution in [0.3, 0.4) is 0 Å². The van der Waals surface area contributed by atoms with Crippen molar-refractivity contribution in [2.24, 2.45) is 0 Å². The quantitative estimate of drug-likeness (QED) is 0.796. The van der Waals surface area contributed by atoms with Gasteiger partial charge in [-0.05, 0) is 69.1 Å². The molecule has 0 saturated carbocycles. The number of nitrogens with zero attached hydrogens (tertiary/aromatic N) is 1. The summed E-state index contributed by atoms with van der Waals surface area (Å²) in [6.07, 6.45) is 3.70. The molecule has 0 saturated heterocycles. The molecule has 21 heavy (non-hydrogen) atoms. The molecule has 1 aliphatic rings. The predicted octanol–water partition coefficient (Wildman–Crippen LogP) is 4.82. The second-order valence-electron chi connectivity index (χ2n) is 6.09. The number of fused-ring (bicyclic) bond motifs is 2. The summed E-state index contributed by atoms with van der Waals surface area (Å²) in [7, 11) is 4.32. The van der Waals surface area contributed by atoms with Gasteiger partial charge >= 0.3 is 0 Å². The van der Waals surface area contributed by atoms with E-state index in [1.54, 1.807) is 0 Å². The molecule has 110 valence electrons. The van der Waals surface area contributed by atoms with Crippen molar-refractivity contribution in [3.8, 4) is 0 Å². The van der Waals surface area contributed by atoms with E-state index >= 15 is 0 Å². The predicted molar refractivity (Wildman–Crippen MR) is 91.2 cm³/mol. The molecule has 1 heterocycles. The van der Waals surface area contributed by atoms with E-state index in [-0.39, 0.29) is 0 Å². The Kier molecular flexibility index (Phi) is 4.67. The van der Waals surface area contributed by atoms with Crippen LogP contribution >= 0.6 is 11.8 Å². The molecule has 1 atom stereocenters. The van der Waals surface area contributed by atoms with E-state index in [1.807, 2.05) is 11.8 Å². The van der Waals surface area contributed by atoms with Crippen LogP contribution in [0, 0.1) is 0 Å². The number of hydrogen-bond donors (Lipinski definition) is 0. The molecule has 1 nitrogen and oxygen atoms in total. The zero-order chi connectivity index (χ0) is 14.7. The highest BCUT2D eigenvalue weighted by Crippen LogP contribution is 2.42. The van der Waals surface area contributed by atoms with Crippen molar-refractivity contribution in [1.82, 2.24) is 4.90 Å². The smallest absolute Gasteiger partial charge is 0.0157 e. The van der Waals surface area contributed by atoms with Gasteiger partial charge in [0.15, 0.2) is 0 Å². The topological polar surface area (TPSA) is 3.24 Å². The van der Waals surface area contributed by atoms with Crippen LogP contribution < -0.4 is 0 Å². The van der Waals surface area contributed by atoms with Gasteiger partial charge < -0.3 is 4.90 Å². The first-order valence-electron chi connectivity index (χ1n) is 7.73. The Morgan fingerprint density at radius 1 is 1.00 bits per heavy atom. The average Bonchev–Trinajstić information content (AvgIpc) is 2.63. The Labute approximate surface area is 132 Å². The van der Waals surface area contributed by atoms with Crippen LogP contribution in [0.4, 0.5) is 0 Å². The minimum Gasteiger partial charge on any atom is -0.309 e. The Hall–Kier alpha value is -1.25.